The van der Waals surface area contributed by atoms with Crippen molar-refractivity contribution in [3.8, 4) is 21.8 Å². The first-order chi connectivity index (χ1) is 13.3. The third-order valence-electron chi connectivity index (χ3n) is 3.84. The number of carbonyl (C=O) groups is 1. The highest BCUT2D eigenvalue weighted by molar-refractivity contribution is 7.99. The maximum absolute atomic E-state index is 12.4. The average molecular weight is 393 g/mol. The van der Waals surface area contributed by atoms with Crippen molar-refractivity contribution in [2.75, 3.05) is 11.1 Å². The van der Waals surface area contributed by atoms with E-state index < -0.39 is 0 Å². The van der Waals surface area contributed by atoms with Crippen molar-refractivity contribution < 1.29 is 4.79 Å². The van der Waals surface area contributed by atoms with Gasteiger partial charge in [0.05, 0.1) is 10.6 Å². The quantitative estimate of drug-likeness (QED) is 0.456. The van der Waals surface area contributed by atoms with Crippen molar-refractivity contribution in [1.82, 2.24) is 15.2 Å². The number of amides is 1. The molecule has 2 N–H and O–H groups in total. The minimum absolute atomic E-state index is 0.0918. The number of nitrogens with one attached hydrogen (secondary N) is 2. The summed E-state index contributed by atoms with van der Waals surface area (Å²) < 4.78 is 0. The lowest BCUT2D eigenvalue weighted by molar-refractivity contribution is -0.113. The molecule has 0 fully saturated rings. The van der Waals surface area contributed by atoms with Gasteiger partial charge in [-0.15, -0.1) is 16.4 Å². The van der Waals surface area contributed by atoms with Gasteiger partial charge >= 0.3 is 0 Å². The molecule has 0 aliphatic heterocycles. The lowest BCUT2D eigenvalue weighted by Crippen LogP contribution is -2.14. The Labute approximate surface area is 164 Å². The summed E-state index contributed by atoms with van der Waals surface area (Å²) in [5, 5.41) is 12.6. The molecule has 0 unspecified atom stereocenters. The van der Waals surface area contributed by atoms with E-state index in [1.54, 1.807) is 11.3 Å². The zero-order chi connectivity index (χ0) is 18.5. The van der Waals surface area contributed by atoms with Gasteiger partial charge in [0.2, 0.25) is 11.1 Å². The molecule has 2 aromatic carbocycles. The normalized spacial score (nSPS) is 10.7. The van der Waals surface area contributed by atoms with E-state index in [1.807, 2.05) is 72.1 Å². The van der Waals surface area contributed by atoms with Crippen LogP contribution in [0.4, 0.5) is 5.69 Å². The maximum Gasteiger partial charge on any atom is 0.234 e. The fraction of sp³-hybridized carbons (Fsp3) is 0.0500. The number of aromatic nitrogens is 3. The van der Waals surface area contributed by atoms with Crippen LogP contribution in [0.25, 0.3) is 21.8 Å². The van der Waals surface area contributed by atoms with Crippen molar-refractivity contribution in [1.29, 1.82) is 0 Å². The Morgan fingerprint density at radius 2 is 1.85 bits per heavy atom. The molecule has 0 spiro atoms. The molecule has 0 radical (unpaired) electrons. The van der Waals surface area contributed by atoms with Crippen LogP contribution in [-0.2, 0) is 4.79 Å². The van der Waals surface area contributed by atoms with Crippen LogP contribution < -0.4 is 5.32 Å². The molecule has 7 heteroatoms. The molecule has 27 heavy (non-hydrogen) atoms. The van der Waals surface area contributed by atoms with E-state index in [2.05, 4.69) is 20.5 Å². The van der Waals surface area contributed by atoms with Gasteiger partial charge in [-0.2, -0.15) is 0 Å². The fourth-order valence-corrected chi connectivity index (χ4v) is 3.87. The smallest absolute Gasteiger partial charge is 0.234 e. The standard InChI is InChI=1S/C20H16N4OS2/c25-18(13-27-20-22-19(23-24-20)17-11-6-12-26-17)21-16-10-5-4-9-15(16)14-7-2-1-3-8-14/h1-12H,13H2,(H,21,25)(H,22,23,24). The second-order valence-electron chi connectivity index (χ2n) is 5.69. The average Bonchev–Trinajstić information content (AvgIpc) is 3.39. The largest absolute Gasteiger partial charge is 0.325 e. The first kappa shape index (κ1) is 17.5. The molecule has 134 valence electrons. The molecule has 4 aromatic rings. The van der Waals surface area contributed by atoms with Gasteiger partial charge in [0.25, 0.3) is 0 Å². The molecule has 0 saturated carbocycles. The van der Waals surface area contributed by atoms with E-state index in [9.17, 15) is 4.79 Å². The first-order valence-electron chi connectivity index (χ1n) is 8.33. The van der Waals surface area contributed by atoms with Crippen LogP contribution in [0.3, 0.4) is 0 Å². The predicted octanol–water partition coefficient (Wildman–Crippen LogP) is 4.93. The summed E-state index contributed by atoms with van der Waals surface area (Å²) in [5.41, 5.74) is 2.86. The van der Waals surface area contributed by atoms with Crippen LogP contribution in [0.5, 0.6) is 0 Å². The van der Waals surface area contributed by atoms with Crippen LogP contribution in [0.15, 0.2) is 77.3 Å². The molecule has 4 rings (SSSR count). The molecule has 2 aromatic heterocycles. The van der Waals surface area contributed by atoms with E-state index >= 15 is 0 Å². The van der Waals surface area contributed by atoms with Gasteiger partial charge in [-0.05, 0) is 23.1 Å². The SMILES string of the molecule is O=C(CSc1n[nH]c(-c2cccs2)n1)Nc1ccccc1-c1ccccc1. The number of hydrogen-bond acceptors (Lipinski definition) is 5. The number of benzene rings is 2. The second kappa shape index (κ2) is 8.20. The van der Waals surface area contributed by atoms with Gasteiger partial charge in [0.1, 0.15) is 0 Å². The van der Waals surface area contributed by atoms with E-state index in [4.69, 9.17) is 0 Å². The Morgan fingerprint density at radius 3 is 2.67 bits per heavy atom. The van der Waals surface area contributed by atoms with E-state index in [0.717, 1.165) is 27.5 Å². The fourth-order valence-electron chi connectivity index (χ4n) is 2.61. The van der Waals surface area contributed by atoms with Crippen LogP contribution in [0.1, 0.15) is 0 Å². The van der Waals surface area contributed by atoms with Crippen LogP contribution in [0, 0.1) is 0 Å². The molecular weight excluding hydrogens is 376 g/mol. The number of carbonyl (C=O) groups excluding carboxylic acids is 1. The Balaban J connectivity index is 1.41. The van der Waals surface area contributed by atoms with Gasteiger partial charge in [-0.1, -0.05) is 66.4 Å². The zero-order valence-electron chi connectivity index (χ0n) is 14.3. The Kier molecular flexibility index (Phi) is 5.32. The summed E-state index contributed by atoms with van der Waals surface area (Å²) >= 11 is 2.90. The maximum atomic E-state index is 12.4. The van der Waals surface area contributed by atoms with Crippen LogP contribution in [0.2, 0.25) is 0 Å². The number of para-hydroxylation sites is 1. The minimum atomic E-state index is -0.0918. The molecule has 0 aliphatic rings. The molecule has 0 bridgehead atoms. The van der Waals surface area contributed by atoms with Crippen molar-refractivity contribution >= 4 is 34.7 Å². The highest BCUT2D eigenvalue weighted by atomic mass is 32.2. The van der Waals surface area contributed by atoms with Gasteiger partial charge in [0, 0.05) is 11.3 Å². The number of anilines is 1. The third kappa shape index (κ3) is 4.27. The summed E-state index contributed by atoms with van der Waals surface area (Å²) in [6, 6.07) is 21.7. The van der Waals surface area contributed by atoms with Gasteiger partial charge in [-0.3, -0.25) is 9.89 Å². The summed E-state index contributed by atoms with van der Waals surface area (Å²) in [7, 11) is 0. The van der Waals surface area contributed by atoms with E-state index in [-0.39, 0.29) is 11.7 Å². The number of thioether (sulfide) groups is 1. The van der Waals surface area contributed by atoms with Crippen molar-refractivity contribution in [2.45, 2.75) is 5.16 Å². The second-order valence-corrected chi connectivity index (χ2v) is 7.58. The number of rotatable bonds is 6. The number of aromatic amines is 1. The van der Waals surface area contributed by atoms with Gasteiger partial charge < -0.3 is 5.32 Å². The highest BCUT2D eigenvalue weighted by Gasteiger charge is 2.11. The molecule has 0 aliphatic carbocycles. The molecule has 1 amide bonds. The summed E-state index contributed by atoms with van der Waals surface area (Å²) in [5.74, 6) is 0.874. The molecule has 2 heterocycles. The molecule has 5 nitrogen and oxygen atoms in total. The third-order valence-corrected chi connectivity index (χ3v) is 5.56. The Hall–Kier alpha value is -2.90. The summed E-state index contributed by atoms with van der Waals surface area (Å²) in [4.78, 5) is 17.9. The lowest BCUT2D eigenvalue weighted by atomic mass is 10.0. The molecule has 0 saturated heterocycles. The minimum Gasteiger partial charge on any atom is -0.325 e. The highest BCUT2D eigenvalue weighted by Crippen LogP contribution is 2.28. The van der Waals surface area contributed by atoms with Gasteiger partial charge in [-0.25, -0.2) is 4.98 Å². The Bertz CT molecular complexity index is 1030. The molecule has 0 atom stereocenters. The van der Waals surface area contributed by atoms with Crippen molar-refractivity contribution in [2.24, 2.45) is 0 Å². The van der Waals surface area contributed by atoms with Crippen molar-refractivity contribution in [3.05, 3.63) is 72.1 Å². The van der Waals surface area contributed by atoms with Crippen molar-refractivity contribution in [3.63, 3.8) is 0 Å². The van der Waals surface area contributed by atoms with E-state index in [0.29, 0.717) is 5.16 Å². The van der Waals surface area contributed by atoms with Gasteiger partial charge in [0.15, 0.2) is 5.82 Å². The van der Waals surface area contributed by atoms with E-state index in [1.165, 1.54) is 11.8 Å². The zero-order valence-corrected chi connectivity index (χ0v) is 15.9. The monoisotopic (exact) mass is 392 g/mol. The number of H-pyrrole nitrogens is 1. The van der Waals surface area contributed by atoms with Crippen LogP contribution in [-0.4, -0.2) is 26.8 Å². The Morgan fingerprint density at radius 1 is 1.04 bits per heavy atom. The summed E-state index contributed by atoms with van der Waals surface area (Å²) in [6.45, 7) is 0. The lowest BCUT2D eigenvalue weighted by Gasteiger charge is -2.10. The number of nitrogens with zero attached hydrogens (tertiary/aromatic N) is 2. The van der Waals surface area contributed by atoms with Crippen LogP contribution >= 0.6 is 23.1 Å². The summed E-state index contributed by atoms with van der Waals surface area (Å²) in [6.07, 6.45) is 0. The number of hydrogen-bond donors (Lipinski definition) is 2. The first-order valence-corrected chi connectivity index (χ1v) is 10.2. The number of thiophene rings is 1. The molecular formula is C20H16N4OS2. The predicted molar refractivity (Wildman–Crippen MR) is 111 cm³/mol. The topological polar surface area (TPSA) is 70.7 Å².